The van der Waals surface area contributed by atoms with E-state index in [1.54, 1.807) is 0 Å². The van der Waals surface area contributed by atoms with Crippen LogP contribution in [0.4, 0.5) is 4.79 Å². The van der Waals surface area contributed by atoms with E-state index in [2.05, 4.69) is 33.9 Å². The van der Waals surface area contributed by atoms with E-state index in [0.717, 1.165) is 4.90 Å². The molecular formula is C14H26N2O5Si. The molecule has 0 saturated heterocycles. The number of aliphatic hydroxyl groups excluding tert-OH is 1. The average molecular weight is 330 g/mol. The van der Waals surface area contributed by atoms with Gasteiger partial charge in [-0.05, 0) is 24.2 Å². The van der Waals surface area contributed by atoms with Gasteiger partial charge in [-0.3, -0.25) is 9.69 Å². The molecule has 0 aliphatic carbocycles. The van der Waals surface area contributed by atoms with E-state index in [-0.39, 0.29) is 23.8 Å². The number of rotatable bonds is 4. The van der Waals surface area contributed by atoms with Crippen LogP contribution in [0.25, 0.3) is 0 Å². The zero-order valence-corrected chi connectivity index (χ0v) is 14.8. The molecule has 22 heavy (non-hydrogen) atoms. The highest BCUT2D eigenvalue weighted by Crippen LogP contribution is 2.36. The maximum Gasteiger partial charge on any atom is 0.407 e. The fraction of sp³-hybridized carbons (Fsp3) is 0.714. The predicted molar refractivity (Wildman–Crippen MR) is 85.0 cm³/mol. The summed E-state index contributed by atoms with van der Waals surface area (Å²) in [6.07, 6.45) is -0.960. The summed E-state index contributed by atoms with van der Waals surface area (Å²) >= 11 is 0. The highest BCUT2D eigenvalue weighted by molar-refractivity contribution is 6.74. The molecule has 0 fully saturated rings. The Kier molecular flexibility index (Phi) is 5.42. The minimum absolute atomic E-state index is 0.00847. The first-order valence-electron chi connectivity index (χ1n) is 7.20. The molecule has 7 nitrogen and oxygen atoms in total. The maximum absolute atomic E-state index is 11.3. The summed E-state index contributed by atoms with van der Waals surface area (Å²) in [6, 6.07) is -0.627. The first-order chi connectivity index (χ1) is 9.86. The van der Waals surface area contributed by atoms with Gasteiger partial charge >= 0.3 is 6.09 Å². The van der Waals surface area contributed by atoms with Crippen molar-refractivity contribution in [3.05, 3.63) is 11.6 Å². The van der Waals surface area contributed by atoms with Crippen LogP contribution in [0.3, 0.4) is 0 Å². The number of carbonyl (C=O) groups is 2. The van der Waals surface area contributed by atoms with Gasteiger partial charge < -0.3 is 20.4 Å². The maximum atomic E-state index is 11.3. The number of aliphatic hydroxyl groups is 1. The zero-order chi connectivity index (χ0) is 17.3. The van der Waals surface area contributed by atoms with Crippen molar-refractivity contribution < 1.29 is 24.2 Å². The van der Waals surface area contributed by atoms with Crippen molar-refractivity contribution in [3.63, 3.8) is 0 Å². The molecule has 0 aromatic heterocycles. The van der Waals surface area contributed by atoms with Crippen molar-refractivity contribution in [1.82, 2.24) is 4.90 Å². The van der Waals surface area contributed by atoms with Crippen molar-refractivity contribution in [2.45, 2.75) is 51.0 Å². The SMILES string of the molecule is CC(C)(C)[Si](C)(C)OCC1C=C(C(N)=O)C(O)CN1C(=O)O. The van der Waals surface area contributed by atoms with Crippen molar-refractivity contribution in [2.75, 3.05) is 13.2 Å². The molecule has 1 aliphatic rings. The van der Waals surface area contributed by atoms with Crippen LogP contribution < -0.4 is 5.73 Å². The quantitative estimate of drug-likeness (QED) is 0.669. The number of hydrogen-bond donors (Lipinski definition) is 3. The molecule has 2 amide bonds. The summed E-state index contributed by atoms with van der Waals surface area (Å²) in [7, 11) is -2.05. The number of nitrogens with two attached hydrogens (primary N) is 1. The van der Waals surface area contributed by atoms with E-state index in [4.69, 9.17) is 10.2 Å². The standard InChI is InChI=1S/C14H26N2O5Si/c1-14(2,3)22(4,5)21-8-9-6-10(12(15)18)11(17)7-16(9)13(19)20/h6,9,11,17H,7-8H2,1-5H3,(H2,15,18)(H,19,20). The molecule has 2 atom stereocenters. The summed E-state index contributed by atoms with van der Waals surface area (Å²) in [5.74, 6) is -0.741. The Morgan fingerprint density at radius 1 is 1.45 bits per heavy atom. The minimum atomic E-state index is -2.05. The fourth-order valence-electron chi connectivity index (χ4n) is 1.94. The third kappa shape index (κ3) is 4.08. The van der Waals surface area contributed by atoms with Gasteiger partial charge in [0.15, 0.2) is 8.32 Å². The van der Waals surface area contributed by atoms with E-state index in [1.807, 2.05) is 0 Å². The van der Waals surface area contributed by atoms with Gasteiger partial charge in [0.25, 0.3) is 0 Å². The van der Waals surface area contributed by atoms with Crippen molar-refractivity contribution in [3.8, 4) is 0 Å². The highest BCUT2D eigenvalue weighted by Gasteiger charge is 2.39. The second-order valence-electron chi connectivity index (χ2n) is 7.08. The Balaban J connectivity index is 2.97. The Morgan fingerprint density at radius 3 is 2.41 bits per heavy atom. The first-order valence-corrected chi connectivity index (χ1v) is 10.1. The predicted octanol–water partition coefficient (Wildman–Crippen LogP) is 1.14. The number of β-amino-alcohol motifs (C(OH)–C–C–N with tert-alkyl or cyclic N) is 1. The highest BCUT2D eigenvalue weighted by atomic mass is 28.4. The van der Waals surface area contributed by atoms with Crippen molar-refractivity contribution >= 4 is 20.3 Å². The van der Waals surface area contributed by atoms with E-state index in [1.165, 1.54) is 6.08 Å². The van der Waals surface area contributed by atoms with Crippen LogP contribution in [0.5, 0.6) is 0 Å². The van der Waals surface area contributed by atoms with Gasteiger partial charge in [-0.15, -0.1) is 0 Å². The molecule has 1 aliphatic heterocycles. The van der Waals surface area contributed by atoms with E-state index in [0.29, 0.717) is 0 Å². The van der Waals surface area contributed by atoms with Gasteiger partial charge in [-0.25, -0.2) is 4.79 Å². The van der Waals surface area contributed by atoms with Gasteiger partial charge in [-0.2, -0.15) is 0 Å². The average Bonchev–Trinajstić information content (AvgIpc) is 2.34. The lowest BCUT2D eigenvalue weighted by molar-refractivity contribution is -0.116. The van der Waals surface area contributed by atoms with Crippen molar-refractivity contribution in [1.29, 1.82) is 0 Å². The molecule has 0 radical (unpaired) electrons. The summed E-state index contributed by atoms with van der Waals surface area (Å²) in [5.41, 5.74) is 5.27. The van der Waals surface area contributed by atoms with Crippen molar-refractivity contribution in [2.24, 2.45) is 5.73 Å². The molecule has 0 spiro atoms. The first kappa shape index (κ1) is 18.7. The fourth-order valence-corrected chi connectivity index (χ4v) is 2.96. The molecule has 0 aromatic carbocycles. The molecule has 0 saturated carbocycles. The van der Waals surface area contributed by atoms with Crippen LogP contribution >= 0.6 is 0 Å². The smallest absolute Gasteiger partial charge is 0.407 e. The lowest BCUT2D eigenvalue weighted by Crippen LogP contribution is -2.52. The number of amides is 2. The largest absolute Gasteiger partial charge is 0.465 e. The Morgan fingerprint density at radius 2 is 2.00 bits per heavy atom. The van der Waals surface area contributed by atoms with Gasteiger partial charge in [0, 0.05) is 5.57 Å². The lowest BCUT2D eigenvalue weighted by atomic mass is 10.00. The van der Waals surface area contributed by atoms with Crippen LogP contribution in [0, 0.1) is 0 Å². The Hall–Kier alpha value is -1.38. The van der Waals surface area contributed by atoms with E-state index >= 15 is 0 Å². The van der Waals surface area contributed by atoms with Crippen LogP contribution in [-0.4, -0.2) is 60.7 Å². The summed E-state index contributed by atoms with van der Waals surface area (Å²) < 4.78 is 6.03. The van der Waals surface area contributed by atoms with Crippen LogP contribution in [0.2, 0.25) is 18.1 Å². The molecule has 2 unspecified atom stereocenters. The van der Waals surface area contributed by atoms with Gasteiger partial charge in [0.2, 0.25) is 5.91 Å². The molecule has 1 rings (SSSR count). The van der Waals surface area contributed by atoms with Crippen LogP contribution in [0.1, 0.15) is 20.8 Å². The molecule has 126 valence electrons. The van der Waals surface area contributed by atoms with Crippen LogP contribution in [-0.2, 0) is 9.22 Å². The molecule has 8 heteroatoms. The van der Waals surface area contributed by atoms with E-state index in [9.17, 15) is 19.8 Å². The van der Waals surface area contributed by atoms with Gasteiger partial charge in [0.05, 0.1) is 19.2 Å². The number of carboxylic acid groups (broad SMARTS) is 1. The number of primary amides is 1. The lowest BCUT2D eigenvalue weighted by Gasteiger charge is -2.40. The topological polar surface area (TPSA) is 113 Å². The normalized spacial score (nSPS) is 23.2. The molecule has 0 bridgehead atoms. The third-order valence-corrected chi connectivity index (χ3v) is 8.95. The molecule has 1 heterocycles. The number of hydrogen-bond acceptors (Lipinski definition) is 4. The summed E-state index contributed by atoms with van der Waals surface area (Å²) in [5, 5.41) is 19.1. The van der Waals surface area contributed by atoms with Gasteiger partial charge in [0.1, 0.15) is 6.10 Å². The second-order valence-corrected chi connectivity index (χ2v) is 11.9. The Labute approximate surface area is 131 Å². The third-order valence-electron chi connectivity index (χ3n) is 4.45. The Bertz CT molecular complexity index is 484. The second kappa shape index (κ2) is 6.39. The number of nitrogens with zero attached hydrogens (tertiary/aromatic N) is 1. The van der Waals surface area contributed by atoms with Gasteiger partial charge in [-0.1, -0.05) is 20.8 Å². The molecular weight excluding hydrogens is 304 g/mol. The van der Waals surface area contributed by atoms with Crippen LogP contribution in [0.15, 0.2) is 11.6 Å². The minimum Gasteiger partial charge on any atom is -0.465 e. The number of carbonyl (C=O) groups excluding carboxylic acids is 1. The summed E-state index contributed by atoms with van der Waals surface area (Å²) in [6.45, 7) is 10.3. The molecule has 0 aromatic rings. The van der Waals surface area contributed by atoms with E-state index < -0.39 is 32.5 Å². The zero-order valence-electron chi connectivity index (χ0n) is 13.8. The monoisotopic (exact) mass is 330 g/mol. The molecule has 4 N–H and O–H groups in total. The summed E-state index contributed by atoms with van der Waals surface area (Å²) in [4.78, 5) is 23.8.